The molecule has 0 spiro atoms. The van der Waals surface area contributed by atoms with Gasteiger partial charge in [-0.25, -0.2) is 0 Å². The Balaban J connectivity index is 2.16. The van der Waals surface area contributed by atoms with Crippen molar-refractivity contribution in [2.24, 2.45) is 5.41 Å². The highest BCUT2D eigenvalue weighted by Gasteiger charge is 2.08. The predicted octanol–water partition coefficient (Wildman–Crippen LogP) is 3.45. The van der Waals surface area contributed by atoms with Crippen LogP contribution in [0.2, 0.25) is 0 Å². The second kappa shape index (κ2) is 7.66. The van der Waals surface area contributed by atoms with E-state index in [4.69, 9.17) is 0 Å². The third-order valence-corrected chi connectivity index (χ3v) is 3.26. The summed E-state index contributed by atoms with van der Waals surface area (Å²) in [5, 5.41) is 3.53. The first-order chi connectivity index (χ1) is 8.87. The van der Waals surface area contributed by atoms with Gasteiger partial charge < -0.3 is 10.2 Å². The third kappa shape index (κ3) is 8.02. The summed E-state index contributed by atoms with van der Waals surface area (Å²) in [7, 11) is 2.19. The molecule has 0 atom stereocenters. The van der Waals surface area contributed by atoms with Crippen LogP contribution < -0.4 is 5.32 Å². The monoisotopic (exact) mass is 262 g/mol. The van der Waals surface area contributed by atoms with Gasteiger partial charge in [0.15, 0.2) is 0 Å². The summed E-state index contributed by atoms with van der Waals surface area (Å²) in [6, 6.07) is 8.76. The average Bonchev–Trinajstić information content (AvgIpc) is 2.26. The first-order valence-electron chi connectivity index (χ1n) is 7.32. The molecule has 0 amide bonds. The Labute approximate surface area is 119 Å². The standard InChI is InChI=1S/C17H30N2/c1-15-7-6-8-16(13-15)14-19(5)12-11-18-10-9-17(2,3)4/h6-8,13,18H,9-12,14H2,1-5H3. The molecule has 19 heavy (non-hydrogen) atoms. The van der Waals surface area contributed by atoms with E-state index in [-0.39, 0.29) is 0 Å². The van der Waals surface area contributed by atoms with Crippen LogP contribution >= 0.6 is 0 Å². The van der Waals surface area contributed by atoms with Crippen molar-refractivity contribution in [2.45, 2.75) is 40.7 Å². The van der Waals surface area contributed by atoms with Crippen molar-refractivity contribution in [1.82, 2.24) is 10.2 Å². The maximum atomic E-state index is 3.53. The zero-order valence-electron chi connectivity index (χ0n) is 13.3. The lowest BCUT2D eigenvalue weighted by molar-refractivity contribution is 0.314. The number of nitrogens with zero attached hydrogens (tertiary/aromatic N) is 1. The van der Waals surface area contributed by atoms with E-state index in [1.54, 1.807) is 0 Å². The maximum absolute atomic E-state index is 3.53. The van der Waals surface area contributed by atoms with Gasteiger partial charge in [0.2, 0.25) is 0 Å². The lowest BCUT2D eigenvalue weighted by Crippen LogP contribution is -2.30. The summed E-state index contributed by atoms with van der Waals surface area (Å²) < 4.78 is 0. The van der Waals surface area contributed by atoms with Crippen LogP contribution in [0.3, 0.4) is 0 Å². The molecule has 0 saturated heterocycles. The van der Waals surface area contributed by atoms with E-state index in [1.165, 1.54) is 17.5 Å². The van der Waals surface area contributed by atoms with Crippen LogP contribution in [-0.4, -0.2) is 31.6 Å². The summed E-state index contributed by atoms with van der Waals surface area (Å²) in [5.74, 6) is 0. The molecule has 2 heteroatoms. The Bertz CT molecular complexity index is 366. The molecule has 0 aliphatic heterocycles. The van der Waals surface area contributed by atoms with Crippen LogP contribution in [0.25, 0.3) is 0 Å². The molecule has 0 aliphatic rings. The molecule has 1 N–H and O–H groups in total. The Morgan fingerprint density at radius 1 is 1.16 bits per heavy atom. The fourth-order valence-electron chi connectivity index (χ4n) is 2.06. The number of likely N-dealkylation sites (N-methyl/N-ethyl adjacent to an activating group) is 1. The topological polar surface area (TPSA) is 15.3 Å². The van der Waals surface area contributed by atoms with E-state index in [9.17, 15) is 0 Å². The highest BCUT2D eigenvalue weighted by Crippen LogP contribution is 2.16. The number of rotatable bonds is 7. The van der Waals surface area contributed by atoms with Gasteiger partial charge in [0.05, 0.1) is 0 Å². The summed E-state index contributed by atoms with van der Waals surface area (Å²) in [6.45, 7) is 13.3. The molecule has 2 nitrogen and oxygen atoms in total. The van der Waals surface area contributed by atoms with E-state index in [2.05, 4.69) is 69.2 Å². The highest BCUT2D eigenvalue weighted by molar-refractivity contribution is 5.21. The summed E-state index contributed by atoms with van der Waals surface area (Å²) in [6.07, 6.45) is 1.23. The third-order valence-electron chi connectivity index (χ3n) is 3.26. The van der Waals surface area contributed by atoms with Gasteiger partial charge in [0.1, 0.15) is 0 Å². The molecular weight excluding hydrogens is 232 g/mol. The Hall–Kier alpha value is -0.860. The van der Waals surface area contributed by atoms with E-state index in [0.717, 1.165) is 26.2 Å². The molecular formula is C17H30N2. The van der Waals surface area contributed by atoms with E-state index in [0.29, 0.717) is 5.41 Å². The highest BCUT2D eigenvalue weighted by atomic mass is 15.1. The second-order valence-corrected chi connectivity index (χ2v) is 6.79. The molecule has 0 aliphatic carbocycles. The minimum atomic E-state index is 0.431. The Morgan fingerprint density at radius 3 is 2.53 bits per heavy atom. The molecule has 108 valence electrons. The van der Waals surface area contributed by atoms with Crippen LogP contribution in [0.1, 0.15) is 38.3 Å². The molecule has 1 aromatic carbocycles. The average molecular weight is 262 g/mol. The Kier molecular flexibility index (Phi) is 6.53. The van der Waals surface area contributed by atoms with Gasteiger partial charge in [-0.2, -0.15) is 0 Å². The summed E-state index contributed by atoms with van der Waals surface area (Å²) in [4.78, 5) is 2.37. The second-order valence-electron chi connectivity index (χ2n) is 6.79. The van der Waals surface area contributed by atoms with Crippen molar-refractivity contribution in [2.75, 3.05) is 26.7 Å². The van der Waals surface area contributed by atoms with Gasteiger partial charge in [-0.15, -0.1) is 0 Å². The quantitative estimate of drug-likeness (QED) is 0.757. The predicted molar refractivity (Wildman–Crippen MR) is 84.5 cm³/mol. The van der Waals surface area contributed by atoms with E-state index in [1.807, 2.05) is 0 Å². The van der Waals surface area contributed by atoms with Crippen LogP contribution in [-0.2, 0) is 6.54 Å². The first-order valence-corrected chi connectivity index (χ1v) is 7.32. The normalized spacial score (nSPS) is 12.1. The van der Waals surface area contributed by atoms with Crippen molar-refractivity contribution in [1.29, 1.82) is 0 Å². The van der Waals surface area contributed by atoms with Crippen molar-refractivity contribution in [3.63, 3.8) is 0 Å². The fraction of sp³-hybridized carbons (Fsp3) is 0.647. The molecule has 1 rings (SSSR count). The van der Waals surface area contributed by atoms with Gasteiger partial charge in [-0.05, 0) is 37.9 Å². The zero-order valence-corrected chi connectivity index (χ0v) is 13.3. The van der Waals surface area contributed by atoms with Gasteiger partial charge in [0.25, 0.3) is 0 Å². The van der Waals surface area contributed by atoms with Gasteiger partial charge in [0, 0.05) is 19.6 Å². The largest absolute Gasteiger partial charge is 0.315 e. The number of nitrogens with one attached hydrogen (secondary N) is 1. The molecule has 1 aromatic rings. The van der Waals surface area contributed by atoms with Crippen LogP contribution in [0, 0.1) is 12.3 Å². The van der Waals surface area contributed by atoms with Gasteiger partial charge >= 0.3 is 0 Å². The molecule has 0 bridgehead atoms. The minimum absolute atomic E-state index is 0.431. The van der Waals surface area contributed by atoms with Crippen molar-refractivity contribution >= 4 is 0 Å². The zero-order chi connectivity index (χ0) is 14.3. The number of aryl methyl sites for hydroxylation is 1. The van der Waals surface area contributed by atoms with Crippen LogP contribution in [0.15, 0.2) is 24.3 Å². The van der Waals surface area contributed by atoms with Crippen molar-refractivity contribution < 1.29 is 0 Å². The molecule has 0 radical (unpaired) electrons. The number of benzene rings is 1. The summed E-state index contributed by atoms with van der Waals surface area (Å²) in [5.41, 5.74) is 3.17. The fourth-order valence-corrected chi connectivity index (χ4v) is 2.06. The van der Waals surface area contributed by atoms with Crippen molar-refractivity contribution in [3.05, 3.63) is 35.4 Å². The van der Waals surface area contributed by atoms with Gasteiger partial charge in [-0.3, -0.25) is 0 Å². The van der Waals surface area contributed by atoms with Crippen LogP contribution in [0.5, 0.6) is 0 Å². The number of hydrogen-bond donors (Lipinski definition) is 1. The molecule has 0 unspecified atom stereocenters. The first kappa shape index (κ1) is 16.2. The van der Waals surface area contributed by atoms with Crippen molar-refractivity contribution in [3.8, 4) is 0 Å². The maximum Gasteiger partial charge on any atom is 0.0231 e. The molecule has 0 saturated carbocycles. The minimum Gasteiger partial charge on any atom is -0.315 e. The smallest absolute Gasteiger partial charge is 0.0231 e. The molecule has 0 heterocycles. The lowest BCUT2D eigenvalue weighted by atomic mass is 9.92. The molecule has 0 aromatic heterocycles. The number of hydrogen-bond acceptors (Lipinski definition) is 2. The van der Waals surface area contributed by atoms with Gasteiger partial charge in [-0.1, -0.05) is 50.6 Å². The summed E-state index contributed by atoms with van der Waals surface area (Å²) >= 11 is 0. The lowest BCUT2D eigenvalue weighted by Gasteiger charge is -2.20. The molecule has 0 fully saturated rings. The van der Waals surface area contributed by atoms with E-state index < -0.39 is 0 Å². The Morgan fingerprint density at radius 2 is 1.89 bits per heavy atom. The van der Waals surface area contributed by atoms with E-state index >= 15 is 0 Å². The SMILES string of the molecule is Cc1cccc(CN(C)CCNCCC(C)(C)C)c1. The van der Waals surface area contributed by atoms with Crippen LogP contribution in [0.4, 0.5) is 0 Å².